The number of pyridine rings is 1. The Balaban J connectivity index is 1.43. The molecule has 2 fully saturated rings. The van der Waals surface area contributed by atoms with Gasteiger partial charge in [0.25, 0.3) is 0 Å². The van der Waals surface area contributed by atoms with Crippen molar-refractivity contribution in [1.29, 1.82) is 0 Å². The van der Waals surface area contributed by atoms with E-state index >= 15 is 0 Å². The molecule has 2 amide bonds. The first-order chi connectivity index (χ1) is 12.2. The molecule has 2 heterocycles. The molecule has 0 bridgehead atoms. The zero-order valence-corrected chi connectivity index (χ0v) is 15.0. The van der Waals surface area contributed by atoms with E-state index in [-0.39, 0.29) is 12.1 Å². The van der Waals surface area contributed by atoms with Crippen LogP contribution in [0.15, 0.2) is 18.3 Å². The molecule has 138 valence electrons. The van der Waals surface area contributed by atoms with Crippen LogP contribution >= 0.6 is 0 Å². The van der Waals surface area contributed by atoms with E-state index in [1.807, 2.05) is 12.1 Å². The van der Waals surface area contributed by atoms with Crippen LogP contribution in [0.3, 0.4) is 0 Å². The molecule has 0 radical (unpaired) electrons. The van der Waals surface area contributed by atoms with Gasteiger partial charge in [0.05, 0.1) is 0 Å². The highest BCUT2D eigenvalue weighted by Crippen LogP contribution is 2.23. The van der Waals surface area contributed by atoms with Gasteiger partial charge in [-0.05, 0) is 63.0 Å². The fourth-order valence-electron chi connectivity index (χ4n) is 3.58. The van der Waals surface area contributed by atoms with Gasteiger partial charge in [-0.15, -0.1) is 0 Å². The monoisotopic (exact) mass is 347 g/mol. The summed E-state index contributed by atoms with van der Waals surface area (Å²) in [6.07, 6.45) is 8.73. The first kappa shape index (κ1) is 18.0. The van der Waals surface area contributed by atoms with Gasteiger partial charge in [-0.25, -0.2) is 9.78 Å². The summed E-state index contributed by atoms with van der Waals surface area (Å²) in [6, 6.07) is 3.85. The van der Waals surface area contributed by atoms with Crippen molar-refractivity contribution < 1.29 is 14.3 Å². The van der Waals surface area contributed by atoms with Gasteiger partial charge in [-0.2, -0.15) is 0 Å². The molecule has 6 nitrogen and oxygen atoms in total. The van der Waals surface area contributed by atoms with Crippen LogP contribution in [0.4, 0.5) is 4.79 Å². The van der Waals surface area contributed by atoms with Gasteiger partial charge in [-0.1, -0.05) is 0 Å². The van der Waals surface area contributed by atoms with Gasteiger partial charge >= 0.3 is 6.03 Å². The molecule has 25 heavy (non-hydrogen) atoms. The zero-order chi connectivity index (χ0) is 17.5. The van der Waals surface area contributed by atoms with E-state index in [1.165, 1.54) is 12.8 Å². The van der Waals surface area contributed by atoms with Gasteiger partial charge in [-0.3, -0.25) is 0 Å². The summed E-state index contributed by atoms with van der Waals surface area (Å²) in [5.74, 6) is 1.15. The van der Waals surface area contributed by atoms with Crippen molar-refractivity contribution in [2.45, 2.75) is 64.1 Å². The minimum Gasteiger partial charge on any atom is -0.474 e. The third kappa shape index (κ3) is 5.59. The fourth-order valence-corrected chi connectivity index (χ4v) is 3.58. The molecule has 6 heteroatoms. The summed E-state index contributed by atoms with van der Waals surface area (Å²) < 4.78 is 11.3. The number of rotatable bonds is 6. The Labute approximate surface area is 149 Å². The minimum atomic E-state index is -0.130. The topological polar surface area (TPSA) is 72.5 Å². The van der Waals surface area contributed by atoms with Crippen LogP contribution in [-0.4, -0.2) is 36.4 Å². The van der Waals surface area contributed by atoms with E-state index in [0.29, 0.717) is 24.4 Å². The van der Waals surface area contributed by atoms with Crippen LogP contribution in [0.25, 0.3) is 0 Å². The van der Waals surface area contributed by atoms with Crippen molar-refractivity contribution in [3.63, 3.8) is 0 Å². The summed E-state index contributed by atoms with van der Waals surface area (Å²) in [4.78, 5) is 16.4. The summed E-state index contributed by atoms with van der Waals surface area (Å²) >= 11 is 0. The lowest BCUT2D eigenvalue weighted by Gasteiger charge is -2.28. The predicted molar refractivity (Wildman–Crippen MR) is 95.5 cm³/mol. The number of hydrogen-bond donors (Lipinski definition) is 2. The minimum absolute atomic E-state index is 0.130. The molecule has 1 aliphatic heterocycles. The fraction of sp³-hybridized carbons (Fsp3) is 0.684. The number of urea groups is 1. The maximum Gasteiger partial charge on any atom is 0.315 e. The second-order valence-electron chi connectivity index (χ2n) is 7.09. The van der Waals surface area contributed by atoms with Gasteiger partial charge in [0.1, 0.15) is 6.10 Å². The van der Waals surface area contributed by atoms with E-state index in [1.54, 1.807) is 6.20 Å². The van der Waals surface area contributed by atoms with Gasteiger partial charge < -0.3 is 20.1 Å². The largest absolute Gasteiger partial charge is 0.474 e. The van der Waals surface area contributed by atoms with Crippen molar-refractivity contribution >= 4 is 6.03 Å². The number of hydrogen-bond acceptors (Lipinski definition) is 4. The van der Waals surface area contributed by atoms with Crippen molar-refractivity contribution in [2.24, 2.45) is 5.92 Å². The molecule has 0 spiro atoms. The van der Waals surface area contributed by atoms with Gasteiger partial charge in [0, 0.05) is 38.1 Å². The smallest absolute Gasteiger partial charge is 0.315 e. The van der Waals surface area contributed by atoms with Crippen LogP contribution in [0.2, 0.25) is 0 Å². The maximum absolute atomic E-state index is 12.1. The highest BCUT2D eigenvalue weighted by Gasteiger charge is 2.21. The molecule has 2 N–H and O–H groups in total. The molecule has 1 aliphatic carbocycles. The molecule has 3 rings (SSSR count). The highest BCUT2D eigenvalue weighted by atomic mass is 16.5. The molecular weight excluding hydrogens is 318 g/mol. The number of nitrogens with zero attached hydrogens (tertiary/aromatic N) is 1. The second-order valence-corrected chi connectivity index (χ2v) is 7.09. The third-order valence-electron chi connectivity index (χ3n) is 5.17. The number of amides is 2. The Morgan fingerprint density at radius 2 is 2.08 bits per heavy atom. The van der Waals surface area contributed by atoms with E-state index in [2.05, 4.69) is 22.5 Å². The first-order valence-corrected chi connectivity index (χ1v) is 9.44. The molecular formula is C19H29N3O3. The summed E-state index contributed by atoms with van der Waals surface area (Å²) in [5, 5.41) is 5.97. The number of carbonyl (C=O) groups is 1. The van der Waals surface area contributed by atoms with Crippen molar-refractivity contribution in [3.05, 3.63) is 23.9 Å². The third-order valence-corrected chi connectivity index (χ3v) is 5.17. The lowest BCUT2D eigenvalue weighted by atomic mass is 9.93. The van der Waals surface area contributed by atoms with Gasteiger partial charge in [0.2, 0.25) is 5.88 Å². The molecule has 1 aromatic rings. The number of aromatic nitrogens is 1. The maximum atomic E-state index is 12.1. The van der Waals surface area contributed by atoms with Crippen LogP contribution < -0.4 is 15.4 Å². The van der Waals surface area contributed by atoms with E-state index in [4.69, 9.17) is 9.47 Å². The SMILES string of the molecule is C[C@H](NC(=O)NCc1ccnc(OC2CCCC2)c1)C1CCOCC1. The number of carbonyl (C=O) groups excluding carboxylic acids is 1. The highest BCUT2D eigenvalue weighted by molar-refractivity contribution is 5.74. The number of ether oxygens (including phenoxy) is 2. The molecule has 1 atom stereocenters. The molecule has 1 saturated carbocycles. The Morgan fingerprint density at radius 3 is 2.84 bits per heavy atom. The standard InChI is InChI=1S/C19H29N3O3/c1-14(16-7-10-24-11-8-16)22-19(23)21-13-15-6-9-20-18(12-15)25-17-4-2-3-5-17/h6,9,12,14,16-17H,2-5,7-8,10-11,13H2,1H3,(H2,21,22,23)/t14-/m0/s1. The Morgan fingerprint density at radius 1 is 1.32 bits per heavy atom. The summed E-state index contributed by atoms with van der Waals surface area (Å²) in [5.41, 5.74) is 0.997. The predicted octanol–water partition coefficient (Wildman–Crippen LogP) is 3.02. The lowest BCUT2D eigenvalue weighted by Crippen LogP contribution is -2.45. The van der Waals surface area contributed by atoms with Crippen molar-refractivity contribution in [1.82, 2.24) is 15.6 Å². The summed E-state index contributed by atoms with van der Waals surface area (Å²) in [6.45, 7) is 4.11. The Hall–Kier alpha value is -1.82. The summed E-state index contributed by atoms with van der Waals surface area (Å²) in [7, 11) is 0. The molecule has 0 unspecified atom stereocenters. The van der Waals surface area contributed by atoms with Crippen molar-refractivity contribution in [3.8, 4) is 5.88 Å². The first-order valence-electron chi connectivity index (χ1n) is 9.44. The lowest BCUT2D eigenvalue weighted by molar-refractivity contribution is 0.0571. The van der Waals surface area contributed by atoms with E-state index < -0.39 is 0 Å². The van der Waals surface area contributed by atoms with Crippen LogP contribution in [0.1, 0.15) is 51.0 Å². The number of nitrogens with one attached hydrogen (secondary N) is 2. The van der Waals surface area contributed by atoms with E-state index in [9.17, 15) is 4.79 Å². The van der Waals surface area contributed by atoms with Gasteiger partial charge in [0.15, 0.2) is 0 Å². The quantitative estimate of drug-likeness (QED) is 0.830. The van der Waals surface area contributed by atoms with Crippen LogP contribution in [-0.2, 0) is 11.3 Å². The molecule has 1 saturated heterocycles. The Kier molecular flexibility index (Phi) is 6.50. The Bertz CT molecular complexity index is 555. The molecule has 1 aromatic heterocycles. The second kappa shape index (κ2) is 9.04. The average molecular weight is 347 g/mol. The van der Waals surface area contributed by atoms with E-state index in [0.717, 1.165) is 44.5 Å². The van der Waals surface area contributed by atoms with Crippen molar-refractivity contribution in [2.75, 3.05) is 13.2 Å². The van der Waals surface area contributed by atoms with Crippen LogP contribution in [0.5, 0.6) is 5.88 Å². The molecule has 2 aliphatic rings. The zero-order valence-electron chi connectivity index (χ0n) is 15.0. The molecule has 0 aromatic carbocycles. The normalized spacial score (nSPS) is 20.2. The average Bonchev–Trinajstić information content (AvgIpc) is 3.14. The van der Waals surface area contributed by atoms with Crippen LogP contribution in [0, 0.1) is 5.92 Å².